The van der Waals surface area contributed by atoms with Crippen molar-refractivity contribution in [2.75, 3.05) is 10.2 Å². The molecule has 0 saturated carbocycles. The molecule has 3 rings (SSSR count). The topological polar surface area (TPSA) is 49.4 Å². The minimum atomic E-state index is -0.320. The van der Waals surface area contributed by atoms with Gasteiger partial charge in [0.25, 0.3) is 0 Å². The maximum Gasteiger partial charge on any atom is 0.247 e. The number of benzene rings is 1. The maximum atomic E-state index is 12.1. The standard InChI is InChI=1S/C13H14N2O2/c16-12-8-4-3-7-11-13(17)14-9-5-1-2-6-10(9)15(11)12/h1-2,5-6,11H,3-4,7-8H2,(H,14,17). The number of nitrogens with one attached hydrogen (secondary N) is 1. The third-order valence-electron chi connectivity index (χ3n) is 3.42. The Morgan fingerprint density at radius 2 is 2.00 bits per heavy atom. The van der Waals surface area contributed by atoms with Gasteiger partial charge in [0.1, 0.15) is 6.04 Å². The van der Waals surface area contributed by atoms with E-state index in [-0.39, 0.29) is 17.9 Å². The van der Waals surface area contributed by atoms with E-state index >= 15 is 0 Å². The number of amides is 2. The molecule has 1 aromatic rings. The predicted molar refractivity (Wildman–Crippen MR) is 64.8 cm³/mol. The average Bonchev–Trinajstić information content (AvgIpc) is 2.52. The lowest BCUT2D eigenvalue weighted by Crippen LogP contribution is -2.50. The van der Waals surface area contributed by atoms with Crippen molar-refractivity contribution in [1.82, 2.24) is 0 Å². The van der Waals surface area contributed by atoms with Gasteiger partial charge in [-0.05, 0) is 25.0 Å². The molecule has 1 saturated heterocycles. The van der Waals surface area contributed by atoms with E-state index in [0.29, 0.717) is 6.42 Å². The second kappa shape index (κ2) is 3.87. The average molecular weight is 230 g/mol. The van der Waals surface area contributed by atoms with E-state index in [0.717, 1.165) is 30.6 Å². The van der Waals surface area contributed by atoms with Crippen molar-refractivity contribution >= 4 is 23.2 Å². The molecule has 0 radical (unpaired) electrons. The van der Waals surface area contributed by atoms with Gasteiger partial charge in [0.2, 0.25) is 11.8 Å². The monoisotopic (exact) mass is 230 g/mol. The molecule has 0 spiro atoms. The van der Waals surface area contributed by atoms with E-state index in [1.54, 1.807) is 4.90 Å². The summed E-state index contributed by atoms with van der Waals surface area (Å²) in [5.41, 5.74) is 1.58. The van der Waals surface area contributed by atoms with Gasteiger partial charge in [0, 0.05) is 6.42 Å². The number of carbonyl (C=O) groups excluding carboxylic acids is 2. The van der Waals surface area contributed by atoms with E-state index in [1.807, 2.05) is 24.3 Å². The van der Waals surface area contributed by atoms with Crippen LogP contribution in [0.1, 0.15) is 25.7 Å². The number of nitrogens with zero attached hydrogens (tertiary/aromatic N) is 1. The van der Waals surface area contributed by atoms with Crippen molar-refractivity contribution in [3.8, 4) is 0 Å². The number of fused-ring (bicyclic) bond motifs is 3. The SMILES string of the molecule is O=C1Nc2ccccc2N2C(=O)CCCCC12. The zero-order valence-corrected chi connectivity index (χ0v) is 9.48. The van der Waals surface area contributed by atoms with Crippen LogP contribution >= 0.6 is 0 Å². The molecule has 4 heteroatoms. The Balaban J connectivity index is 2.11. The van der Waals surface area contributed by atoms with Crippen LogP contribution in [0.15, 0.2) is 24.3 Å². The fraction of sp³-hybridized carbons (Fsp3) is 0.385. The highest BCUT2D eigenvalue weighted by molar-refractivity contribution is 6.12. The van der Waals surface area contributed by atoms with E-state index < -0.39 is 0 Å². The summed E-state index contributed by atoms with van der Waals surface area (Å²) < 4.78 is 0. The fourth-order valence-corrected chi connectivity index (χ4v) is 2.59. The molecule has 88 valence electrons. The summed E-state index contributed by atoms with van der Waals surface area (Å²) in [6, 6.07) is 7.17. The molecule has 1 aromatic carbocycles. The normalized spacial score (nSPS) is 23.5. The number of hydrogen-bond donors (Lipinski definition) is 1. The molecule has 1 N–H and O–H groups in total. The van der Waals surface area contributed by atoms with Crippen molar-refractivity contribution in [2.24, 2.45) is 0 Å². The van der Waals surface area contributed by atoms with Gasteiger partial charge in [0.15, 0.2) is 0 Å². The summed E-state index contributed by atoms with van der Waals surface area (Å²) in [7, 11) is 0. The highest BCUT2D eigenvalue weighted by atomic mass is 16.2. The van der Waals surface area contributed by atoms with Crippen LogP contribution in [-0.2, 0) is 9.59 Å². The smallest absolute Gasteiger partial charge is 0.247 e. The minimum absolute atomic E-state index is 0.0565. The van der Waals surface area contributed by atoms with E-state index in [9.17, 15) is 9.59 Å². The first-order valence-electron chi connectivity index (χ1n) is 5.99. The van der Waals surface area contributed by atoms with E-state index in [4.69, 9.17) is 0 Å². The summed E-state index contributed by atoms with van der Waals surface area (Å²) >= 11 is 0. The van der Waals surface area contributed by atoms with Crippen molar-refractivity contribution in [3.05, 3.63) is 24.3 Å². The summed E-state index contributed by atoms with van der Waals surface area (Å²) in [5, 5.41) is 2.87. The highest BCUT2D eigenvalue weighted by Crippen LogP contribution is 2.35. The lowest BCUT2D eigenvalue weighted by Gasteiger charge is -2.35. The lowest BCUT2D eigenvalue weighted by atomic mass is 10.0. The van der Waals surface area contributed by atoms with Gasteiger partial charge in [-0.25, -0.2) is 0 Å². The van der Waals surface area contributed by atoms with Gasteiger partial charge in [-0.3, -0.25) is 14.5 Å². The number of para-hydroxylation sites is 2. The second-order valence-electron chi connectivity index (χ2n) is 4.53. The highest BCUT2D eigenvalue weighted by Gasteiger charge is 2.37. The zero-order chi connectivity index (χ0) is 11.8. The van der Waals surface area contributed by atoms with Crippen molar-refractivity contribution < 1.29 is 9.59 Å². The van der Waals surface area contributed by atoms with Crippen LogP contribution in [0, 0.1) is 0 Å². The second-order valence-corrected chi connectivity index (χ2v) is 4.53. The summed E-state index contributed by atoms with van der Waals surface area (Å²) in [4.78, 5) is 25.8. The molecule has 1 atom stereocenters. The third kappa shape index (κ3) is 1.60. The Morgan fingerprint density at radius 1 is 1.18 bits per heavy atom. The van der Waals surface area contributed by atoms with Crippen molar-refractivity contribution in [2.45, 2.75) is 31.7 Å². The molecule has 0 aliphatic carbocycles. The minimum Gasteiger partial charge on any atom is -0.322 e. The third-order valence-corrected chi connectivity index (χ3v) is 3.42. The molecule has 1 fully saturated rings. The molecular weight excluding hydrogens is 216 g/mol. The molecule has 0 aromatic heterocycles. The van der Waals surface area contributed by atoms with Crippen LogP contribution in [0.2, 0.25) is 0 Å². The van der Waals surface area contributed by atoms with Crippen LogP contribution in [-0.4, -0.2) is 17.9 Å². The van der Waals surface area contributed by atoms with Crippen LogP contribution < -0.4 is 10.2 Å². The Bertz CT molecular complexity index is 484. The predicted octanol–water partition coefficient (Wildman–Crippen LogP) is 1.91. The molecule has 17 heavy (non-hydrogen) atoms. The largest absolute Gasteiger partial charge is 0.322 e. The Hall–Kier alpha value is -1.84. The van der Waals surface area contributed by atoms with Gasteiger partial charge < -0.3 is 5.32 Å². The van der Waals surface area contributed by atoms with Gasteiger partial charge >= 0.3 is 0 Å². The molecular formula is C13H14N2O2. The molecule has 2 aliphatic heterocycles. The quantitative estimate of drug-likeness (QED) is 0.740. The lowest BCUT2D eigenvalue weighted by molar-refractivity contribution is -0.123. The van der Waals surface area contributed by atoms with Gasteiger partial charge in [-0.2, -0.15) is 0 Å². The molecule has 4 nitrogen and oxygen atoms in total. The van der Waals surface area contributed by atoms with Gasteiger partial charge in [0.05, 0.1) is 11.4 Å². The first-order valence-corrected chi connectivity index (χ1v) is 5.99. The molecule has 2 aliphatic rings. The number of rotatable bonds is 0. The van der Waals surface area contributed by atoms with E-state index in [2.05, 4.69) is 5.32 Å². The fourth-order valence-electron chi connectivity index (χ4n) is 2.59. The van der Waals surface area contributed by atoms with Crippen LogP contribution in [0.5, 0.6) is 0 Å². The Labute approximate surface area is 99.6 Å². The first-order chi connectivity index (χ1) is 8.27. The first kappa shape index (κ1) is 10.3. The van der Waals surface area contributed by atoms with Crippen LogP contribution in [0.25, 0.3) is 0 Å². The molecule has 2 heterocycles. The molecule has 1 unspecified atom stereocenters. The Morgan fingerprint density at radius 3 is 2.88 bits per heavy atom. The Kier molecular flexibility index (Phi) is 2.35. The van der Waals surface area contributed by atoms with Crippen molar-refractivity contribution in [1.29, 1.82) is 0 Å². The number of carbonyl (C=O) groups is 2. The van der Waals surface area contributed by atoms with Crippen molar-refractivity contribution in [3.63, 3.8) is 0 Å². The van der Waals surface area contributed by atoms with Crippen LogP contribution in [0.4, 0.5) is 11.4 Å². The van der Waals surface area contributed by atoms with Gasteiger partial charge in [-0.15, -0.1) is 0 Å². The molecule has 0 bridgehead atoms. The van der Waals surface area contributed by atoms with E-state index in [1.165, 1.54) is 0 Å². The number of anilines is 2. The summed E-state index contributed by atoms with van der Waals surface area (Å²) in [6.45, 7) is 0. The van der Waals surface area contributed by atoms with Gasteiger partial charge in [-0.1, -0.05) is 18.6 Å². The van der Waals surface area contributed by atoms with Crippen LogP contribution in [0.3, 0.4) is 0 Å². The molecule has 2 amide bonds. The summed E-state index contributed by atoms with van der Waals surface area (Å²) in [5.74, 6) is 0.00810. The maximum absolute atomic E-state index is 12.1. The zero-order valence-electron chi connectivity index (χ0n) is 9.48. The summed E-state index contributed by atoms with van der Waals surface area (Å²) in [6.07, 6.45) is 3.10. The number of hydrogen-bond acceptors (Lipinski definition) is 2.